The monoisotopic (exact) mass is 698 g/mol. The molecular weight excluding hydrogens is 665 g/mol. The summed E-state index contributed by atoms with van der Waals surface area (Å²) in [6.45, 7) is 4.35. The summed E-state index contributed by atoms with van der Waals surface area (Å²) in [4.78, 5) is 45.9. The number of benzene rings is 5. The van der Waals surface area contributed by atoms with Gasteiger partial charge in [-0.25, -0.2) is 4.98 Å². The first kappa shape index (κ1) is 34.2. The number of ether oxygens (including phenoxy) is 1. The molecule has 0 bridgehead atoms. The van der Waals surface area contributed by atoms with E-state index in [1.54, 1.807) is 42.5 Å². The van der Waals surface area contributed by atoms with Crippen LogP contribution in [-0.2, 0) is 9.59 Å². The molecule has 5 aromatic carbocycles. The van der Waals surface area contributed by atoms with E-state index in [9.17, 15) is 14.4 Å². The van der Waals surface area contributed by atoms with Crippen molar-refractivity contribution in [3.63, 3.8) is 0 Å². The molecule has 0 aliphatic carbocycles. The SMILES string of the molecule is CCOc1ccccc1/C=C(\NC(=O)c1ccccc1)C(=O)Nc1ccc(SC(C(=O)Nc2nc3ccc(C)cc3s2)c2ccccc2)cc1. The van der Waals surface area contributed by atoms with Gasteiger partial charge >= 0.3 is 0 Å². The number of fused-ring (bicyclic) bond motifs is 1. The Morgan fingerprint density at radius 2 is 1.54 bits per heavy atom. The second-order valence-electron chi connectivity index (χ2n) is 11.2. The number of thiazole rings is 1. The van der Waals surface area contributed by atoms with E-state index in [0.29, 0.717) is 34.3 Å². The third-order valence-corrected chi connectivity index (χ3v) is 9.73. The van der Waals surface area contributed by atoms with Gasteiger partial charge in [-0.1, -0.05) is 84.1 Å². The minimum Gasteiger partial charge on any atom is -0.493 e. The van der Waals surface area contributed by atoms with E-state index >= 15 is 0 Å². The highest BCUT2D eigenvalue weighted by Crippen LogP contribution is 2.37. The number of aromatic nitrogens is 1. The maximum absolute atomic E-state index is 13.7. The smallest absolute Gasteiger partial charge is 0.272 e. The van der Waals surface area contributed by atoms with Crippen LogP contribution in [0, 0.1) is 6.92 Å². The fourth-order valence-corrected chi connectivity index (χ4v) is 7.08. The van der Waals surface area contributed by atoms with Crippen molar-refractivity contribution in [2.75, 3.05) is 17.2 Å². The molecule has 1 heterocycles. The van der Waals surface area contributed by atoms with Gasteiger partial charge in [-0.05, 0) is 85.6 Å². The molecular formula is C40H34N4O4S2. The summed E-state index contributed by atoms with van der Waals surface area (Å²) in [5.41, 5.74) is 4.45. The second-order valence-corrected chi connectivity index (χ2v) is 13.4. The lowest BCUT2D eigenvalue weighted by molar-refractivity contribution is -0.116. The van der Waals surface area contributed by atoms with Crippen LogP contribution in [0.4, 0.5) is 10.8 Å². The first-order valence-electron chi connectivity index (χ1n) is 16.0. The molecule has 0 radical (unpaired) electrons. The molecule has 6 rings (SSSR count). The van der Waals surface area contributed by atoms with E-state index in [2.05, 4.69) is 27.0 Å². The second kappa shape index (κ2) is 16.1. The number of para-hydroxylation sites is 1. The summed E-state index contributed by atoms with van der Waals surface area (Å²) >= 11 is 2.84. The number of hydrogen-bond acceptors (Lipinski definition) is 7. The first-order valence-corrected chi connectivity index (χ1v) is 17.7. The third kappa shape index (κ3) is 8.65. The average molecular weight is 699 g/mol. The number of anilines is 2. The number of carbonyl (C=O) groups excluding carboxylic acids is 3. The lowest BCUT2D eigenvalue weighted by Gasteiger charge is -2.17. The zero-order chi connectivity index (χ0) is 34.9. The van der Waals surface area contributed by atoms with Crippen molar-refractivity contribution in [2.24, 2.45) is 0 Å². The van der Waals surface area contributed by atoms with Crippen LogP contribution in [0.1, 0.15) is 39.2 Å². The lowest BCUT2D eigenvalue weighted by Crippen LogP contribution is -2.30. The molecule has 0 aliphatic heterocycles. The molecule has 1 atom stereocenters. The van der Waals surface area contributed by atoms with Gasteiger partial charge in [-0.3, -0.25) is 14.4 Å². The number of thioether (sulfide) groups is 1. The maximum atomic E-state index is 13.7. The predicted octanol–water partition coefficient (Wildman–Crippen LogP) is 8.89. The zero-order valence-corrected chi connectivity index (χ0v) is 29.0. The van der Waals surface area contributed by atoms with E-state index in [1.807, 2.05) is 98.8 Å². The van der Waals surface area contributed by atoms with Crippen molar-refractivity contribution >= 4 is 67.9 Å². The van der Waals surface area contributed by atoms with E-state index in [4.69, 9.17) is 4.74 Å². The standard InChI is InChI=1S/C40H34N4O4S2/c1-3-48-34-17-11-10-16-29(34)25-33(42-37(45)28-14-8-5-9-15-28)38(46)41-30-19-21-31(22-20-30)49-36(27-12-6-4-7-13-27)39(47)44-40-43-32-23-18-26(2)24-35(32)50-40/h4-25,36H,3H2,1-2H3,(H,41,46)(H,42,45)(H,43,44,47)/b33-25-. The fraction of sp³-hybridized carbons (Fsp3) is 0.100. The summed E-state index contributed by atoms with van der Waals surface area (Å²) in [6.07, 6.45) is 1.60. The van der Waals surface area contributed by atoms with E-state index < -0.39 is 17.1 Å². The molecule has 0 spiro atoms. The van der Waals surface area contributed by atoms with Gasteiger partial charge < -0.3 is 20.7 Å². The van der Waals surface area contributed by atoms with Gasteiger partial charge in [-0.15, -0.1) is 11.8 Å². The Balaban J connectivity index is 1.20. The molecule has 8 nitrogen and oxygen atoms in total. The van der Waals surface area contributed by atoms with Crippen molar-refractivity contribution < 1.29 is 19.1 Å². The van der Waals surface area contributed by atoms with Gasteiger partial charge in [0.25, 0.3) is 11.8 Å². The van der Waals surface area contributed by atoms with Crippen molar-refractivity contribution in [2.45, 2.75) is 24.0 Å². The maximum Gasteiger partial charge on any atom is 0.272 e. The Hall–Kier alpha value is -5.71. The minimum atomic E-state index is -0.557. The van der Waals surface area contributed by atoms with Crippen molar-refractivity contribution in [1.29, 1.82) is 0 Å². The van der Waals surface area contributed by atoms with Gasteiger partial charge in [0.05, 0.1) is 16.8 Å². The Kier molecular flexibility index (Phi) is 11.0. The number of amides is 3. The lowest BCUT2D eigenvalue weighted by atomic mass is 10.1. The molecule has 50 heavy (non-hydrogen) atoms. The predicted molar refractivity (Wildman–Crippen MR) is 203 cm³/mol. The molecule has 0 saturated carbocycles. The van der Waals surface area contributed by atoms with Gasteiger partial charge in [0.2, 0.25) is 5.91 Å². The third-order valence-electron chi connectivity index (χ3n) is 7.53. The Labute approximate surface area is 298 Å². The van der Waals surface area contributed by atoms with Crippen LogP contribution >= 0.6 is 23.1 Å². The summed E-state index contributed by atoms with van der Waals surface area (Å²) in [5, 5.41) is 8.68. The van der Waals surface area contributed by atoms with Gasteiger partial charge in [0, 0.05) is 21.7 Å². The fourth-order valence-electron chi connectivity index (χ4n) is 5.09. The number of rotatable bonds is 12. The summed E-state index contributed by atoms with van der Waals surface area (Å²) in [7, 11) is 0. The van der Waals surface area contributed by atoms with Crippen LogP contribution in [0.2, 0.25) is 0 Å². The number of aryl methyl sites for hydroxylation is 1. The van der Waals surface area contributed by atoms with Crippen LogP contribution in [0.15, 0.2) is 138 Å². The minimum absolute atomic E-state index is 0.0512. The molecule has 1 unspecified atom stereocenters. The van der Waals surface area contributed by atoms with Crippen molar-refractivity contribution in [1.82, 2.24) is 10.3 Å². The molecule has 0 fully saturated rings. The largest absolute Gasteiger partial charge is 0.493 e. The van der Waals surface area contributed by atoms with E-state index in [1.165, 1.54) is 23.1 Å². The summed E-state index contributed by atoms with van der Waals surface area (Å²) < 4.78 is 6.76. The van der Waals surface area contributed by atoms with Gasteiger partial charge in [0.15, 0.2) is 5.13 Å². The molecule has 10 heteroatoms. The van der Waals surface area contributed by atoms with Crippen LogP contribution in [0.5, 0.6) is 5.75 Å². The van der Waals surface area contributed by atoms with E-state index in [-0.39, 0.29) is 11.6 Å². The topological polar surface area (TPSA) is 109 Å². The molecule has 250 valence electrons. The van der Waals surface area contributed by atoms with Crippen LogP contribution in [0.25, 0.3) is 16.3 Å². The van der Waals surface area contributed by atoms with E-state index in [0.717, 1.165) is 26.2 Å². The quantitative estimate of drug-likeness (QED) is 0.0870. The number of nitrogens with zero attached hydrogens (tertiary/aromatic N) is 1. The average Bonchev–Trinajstić information content (AvgIpc) is 3.53. The molecule has 3 amide bonds. The Bertz CT molecular complexity index is 2150. The number of hydrogen-bond donors (Lipinski definition) is 3. The van der Waals surface area contributed by atoms with Crippen LogP contribution in [-0.4, -0.2) is 29.3 Å². The van der Waals surface area contributed by atoms with Gasteiger partial charge in [-0.2, -0.15) is 0 Å². The first-order chi connectivity index (χ1) is 24.4. The molecule has 0 aliphatic rings. The Morgan fingerprint density at radius 1 is 0.840 bits per heavy atom. The summed E-state index contributed by atoms with van der Waals surface area (Å²) in [6, 6.07) is 38.8. The highest BCUT2D eigenvalue weighted by Gasteiger charge is 2.24. The van der Waals surface area contributed by atoms with Gasteiger partial charge in [0.1, 0.15) is 16.7 Å². The molecule has 1 aromatic heterocycles. The normalized spacial score (nSPS) is 11.8. The summed E-state index contributed by atoms with van der Waals surface area (Å²) in [5.74, 6) is -0.524. The molecule has 6 aromatic rings. The number of carbonyl (C=O) groups is 3. The van der Waals surface area contributed by atoms with Crippen molar-refractivity contribution in [3.8, 4) is 5.75 Å². The molecule has 3 N–H and O–H groups in total. The highest BCUT2D eigenvalue weighted by atomic mass is 32.2. The van der Waals surface area contributed by atoms with Crippen molar-refractivity contribution in [3.05, 3.63) is 155 Å². The highest BCUT2D eigenvalue weighted by molar-refractivity contribution is 8.00. The van der Waals surface area contributed by atoms with Crippen LogP contribution in [0.3, 0.4) is 0 Å². The molecule has 0 saturated heterocycles. The number of nitrogens with one attached hydrogen (secondary N) is 3. The zero-order valence-electron chi connectivity index (χ0n) is 27.4. The Morgan fingerprint density at radius 3 is 2.28 bits per heavy atom. The van der Waals surface area contributed by atoms with Crippen LogP contribution < -0.4 is 20.7 Å².